The number of carbonyl (C=O) groups is 2. The van der Waals surface area contributed by atoms with Gasteiger partial charge in [-0.2, -0.15) is 0 Å². The number of nitro groups is 1. The molecular weight excluding hydrogens is 402 g/mol. The van der Waals surface area contributed by atoms with Crippen LogP contribution in [-0.2, 0) is 4.74 Å². The average Bonchev–Trinajstić information content (AvgIpc) is 3.02. The Bertz CT molecular complexity index is 963. The van der Waals surface area contributed by atoms with Crippen molar-refractivity contribution in [3.8, 4) is 0 Å². The molecule has 0 radical (unpaired) electrons. The fourth-order valence-electron chi connectivity index (χ4n) is 3.41. The summed E-state index contributed by atoms with van der Waals surface area (Å²) in [6.07, 6.45) is 2.23. The third-order valence-electron chi connectivity index (χ3n) is 5.11. The van der Waals surface area contributed by atoms with Crippen molar-refractivity contribution in [1.82, 2.24) is 9.88 Å². The predicted octanol–water partition coefficient (Wildman–Crippen LogP) is 3.22. The molecule has 1 saturated heterocycles. The van der Waals surface area contributed by atoms with E-state index in [1.807, 2.05) is 0 Å². The summed E-state index contributed by atoms with van der Waals surface area (Å²) in [7, 11) is 0. The summed E-state index contributed by atoms with van der Waals surface area (Å²) in [5.74, 6) is 0.321. The molecule has 0 unspecified atom stereocenters. The Morgan fingerprint density at radius 3 is 2.68 bits per heavy atom. The Labute approximate surface area is 180 Å². The molecule has 0 aliphatic carbocycles. The van der Waals surface area contributed by atoms with Gasteiger partial charge in [0.15, 0.2) is 0 Å². The van der Waals surface area contributed by atoms with Crippen molar-refractivity contribution in [3.63, 3.8) is 0 Å². The highest BCUT2D eigenvalue weighted by molar-refractivity contribution is 5.91. The molecule has 1 aromatic heterocycles. The van der Waals surface area contributed by atoms with E-state index < -0.39 is 10.9 Å². The summed E-state index contributed by atoms with van der Waals surface area (Å²) < 4.78 is 4.97. The summed E-state index contributed by atoms with van der Waals surface area (Å²) in [6.45, 7) is 5.99. The van der Waals surface area contributed by atoms with Crippen LogP contribution in [0, 0.1) is 17.0 Å². The number of esters is 1. The van der Waals surface area contributed by atoms with Crippen LogP contribution in [0.1, 0.15) is 29.3 Å². The SMILES string of the molecule is CCOC(=O)c1ccc(N2CCCN(C(=O)Nc3cccc([N+](=O)[O-])c3C)CC2)nc1. The number of urea groups is 1. The summed E-state index contributed by atoms with van der Waals surface area (Å²) in [4.78, 5) is 43.3. The van der Waals surface area contributed by atoms with Crippen molar-refractivity contribution >= 4 is 29.2 Å². The molecule has 1 aromatic carbocycles. The van der Waals surface area contributed by atoms with E-state index in [4.69, 9.17) is 4.74 Å². The molecule has 10 nitrogen and oxygen atoms in total. The van der Waals surface area contributed by atoms with Crippen molar-refractivity contribution < 1.29 is 19.2 Å². The van der Waals surface area contributed by atoms with E-state index in [2.05, 4.69) is 15.2 Å². The largest absolute Gasteiger partial charge is 0.462 e. The van der Waals surface area contributed by atoms with Crippen LogP contribution in [0.5, 0.6) is 0 Å². The molecule has 10 heteroatoms. The van der Waals surface area contributed by atoms with Gasteiger partial charge >= 0.3 is 12.0 Å². The lowest BCUT2D eigenvalue weighted by Gasteiger charge is -2.23. The number of hydrogen-bond donors (Lipinski definition) is 1. The van der Waals surface area contributed by atoms with Crippen molar-refractivity contribution in [2.75, 3.05) is 43.0 Å². The number of nitrogens with zero attached hydrogens (tertiary/aromatic N) is 4. The number of benzene rings is 1. The number of aromatic nitrogens is 1. The molecule has 3 rings (SSSR count). The van der Waals surface area contributed by atoms with E-state index in [0.29, 0.717) is 49.6 Å². The average molecular weight is 427 g/mol. The minimum absolute atomic E-state index is 0.0304. The topological polar surface area (TPSA) is 118 Å². The Morgan fingerprint density at radius 2 is 2.00 bits per heavy atom. The van der Waals surface area contributed by atoms with Gasteiger partial charge in [0.05, 0.1) is 28.3 Å². The van der Waals surface area contributed by atoms with Gasteiger partial charge < -0.3 is 19.9 Å². The van der Waals surface area contributed by atoms with E-state index in [1.165, 1.54) is 12.3 Å². The first-order valence-corrected chi connectivity index (χ1v) is 10.1. The van der Waals surface area contributed by atoms with Crippen LogP contribution in [0.2, 0.25) is 0 Å². The first-order chi connectivity index (χ1) is 14.9. The van der Waals surface area contributed by atoms with Crippen LogP contribution in [-0.4, -0.2) is 59.6 Å². The molecule has 2 amide bonds. The first-order valence-electron chi connectivity index (χ1n) is 10.1. The van der Waals surface area contributed by atoms with Crippen LogP contribution in [0.4, 0.5) is 22.0 Å². The highest BCUT2D eigenvalue weighted by atomic mass is 16.6. The van der Waals surface area contributed by atoms with Gasteiger partial charge in [-0.15, -0.1) is 0 Å². The minimum Gasteiger partial charge on any atom is -0.462 e. The molecule has 164 valence electrons. The van der Waals surface area contributed by atoms with Gasteiger partial charge in [0, 0.05) is 38.4 Å². The van der Waals surface area contributed by atoms with Crippen molar-refractivity contribution in [3.05, 3.63) is 57.8 Å². The summed E-state index contributed by atoms with van der Waals surface area (Å²) >= 11 is 0. The number of ether oxygens (including phenoxy) is 1. The normalized spacial score (nSPS) is 14.0. The molecule has 2 heterocycles. The van der Waals surface area contributed by atoms with Gasteiger partial charge in [0.25, 0.3) is 5.69 Å². The fourth-order valence-corrected chi connectivity index (χ4v) is 3.41. The summed E-state index contributed by atoms with van der Waals surface area (Å²) in [6, 6.07) is 7.77. The maximum atomic E-state index is 12.7. The standard InChI is InChI=1S/C21H25N5O5/c1-3-31-20(27)16-8-9-19(22-14-16)24-10-5-11-25(13-12-24)21(28)23-17-6-4-7-18(15(17)2)26(29)30/h4,6-9,14H,3,5,10-13H2,1-2H3,(H,23,28). The lowest BCUT2D eigenvalue weighted by atomic mass is 10.1. The predicted molar refractivity (Wildman–Crippen MR) is 115 cm³/mol. The lowest BCUT2D eigenvalue weighted by Crippen LogP contribution is -2.38. The second kappa shape index (κ2) is 9.88. The quantitative estimate of drug-likeness (QED) is 0.442. The molecule has 1 aliphatic rings. The molecule has 0 saturated carbocycles. The second-order valence-electron chi connectivity index (χ2n) is 7.09. The Morgan fingerprint density at radius 1 is 1.19 bits per heavy atom. The monoisotopic (exact) mass is 427 g/mol. The number of pyridine rings is 1. The number of rotatable bonds is 5. The molecule has 0 bridgehead atoms. The Kier molecular flexibility index (Phi) is 7.01. The molecule has 0 atom stereocenters. The van der Waals surface area contributed by atoms with Crippen LogP contribution in [0.3, 0.4) is 0 Å². The highest BCUT2D eigenvalue weighted by Gasteiger charge is 2.22. The van der Waals surface area contributed by atoms with Gasteiger partial charge in [0.1, 0.15) is 5.82 Å². The van der Waals surface area contributed by atoms with Crippen LogP contribution in [0.15, 0.2) is 36.5 Å². The van der Waals surface area contributed by atoms with Crippen LogP contribution < -0.4 is 10.2 Å². The highest BCUT2D eigenvalue weighted by Crippen LogP contribution is 2.25. The van der Waals surface area contributed by atoms with Crippen molar-refractivity contribution in [2.24, 2.45) is 0 Å². The van der Waals surface area contributed by atoms with Crippen molar-refractivity contribution in [2.45, 2.75) is 20.3 Å². The smallest absolute Gasteiger partial charge is 0.339 e. The van der Waals surface area contributed by atoms with Gasteiger partial charge in [-0.1, -0.05) is 6.07 Å². The number of nitrogens with one attached hydrogen (secondary N) is 1. The first kappa shape index (κ1) is 22.0. The molecule has 0 spiro atoms. The van der Waals surface area contributed by atoms with Gasteiger partial charge in [-0.25, -0.2) is 14.6 Å². The zero-order valence-corrected chi connectivity index (χ0v) is 17.5. The van der Waals surface area contributed by atoms with Crippen molar-refractivity contribution in [1.29, 1.82) is 0 Å². The number of nitro benzene ring substituents is 1. The number of amides is 2. The zero-order valence-electron chi connectivity index (χ0n) is 17.5. The lowest BCUT2D eigenvalue weighted by molar-refractivity contribution is -0.385. The molecule has 1 N–H and O–H groups in total. The van der Waals surface area contributed by atoms with E-state index in [-0.39, 0.29) is 11.7 Å². The number of anilines is 2. The van der Waals surface area contributed by atoms with E-state index in [9.17, 15) is 19.7 Å². The van der Waals surface area contributed by atoms with E-state index >= 15 is 0 Å². The van der Waals surface area contributed by atoms with E-state index in [1.54, 1.807) is 43.0 Å². The maximum Gasteiger partial charge on any atom is 0.339 e. The zero-order chi connectivity index (χ0) is 22.4. The molecule has 1 fully saturated rings. The van der Waals surface area contributed by atoms with Gasteiger partial charge in [0.2, 0.25) is 0 Å². The van der Waals surface area contributed by atoms with Gasteiger partial charge in [-0.3, -0.25) is 10.1 Å². The fraction of sp³-hybridized carbons (Fsp3) is 0.381. The Hall–Kier alpha value is -3.69. The summed E-state index contributed by atoms with van der Waals surface area (Å²) in [5.41, 5.74) is 1.21. The second-order valence-corrected chi connectivity index (χ2v) is 7.09. The molecule has 2 aromatic rings. The summed E-state index contributed by atoms with van der Waals surface area (Å²) in [5, 5.41) is 13.9. The van der Waals surface area contributed by atoms with Gasteiger partial charge in [-0.05, 0) is 38.5 Å². The van der Waals surface area contributed by atoms with E-state index in [0.717, 1.165) is 12.2 Å². The maximum absolute atomic E-state index is 12.7. The molecule has 31 heavy (non-hydrogen) atoms. The van der Waals surface area contributed by atoms with Crippen LogP contribution in [0.25, 0.3) is 0 Å². The third-order valence-corrected chi connectivity index (χ3v) is 5.11. The van der Waals surface area contributed by atoms with Crippen LogP contribution >= 0.6 is 0 Å². The number of carbonyl (C=O) groups excluding carboxylic acids is 2. The number of hydrogen-bond acceptors (Lipinski definition) is 7. The molecular formula is C21H25N5O5. The minimum atomic E-state index is -0.463. The third kappa shape index (κ3) is 5.27. The molecule has 1 aliphatic heterocycles. The Balaban J connectivity index is 1.62.